The maximum atomic E-state index is 5.70. The fraction of sp³-hybridized carbons (Fsp3) is 0.538. The summed E-state index contributed by atoms with van der Waals surface area (Å²) in [5.41, 5.74) is 1.35. The van der Waals surface area contributed by atoms with Crippen LogP contribution < -0.4 is 0 Å². The fourth-order valence-electron chi connectivity index (χ4n) is 1.48. The molecule has 0 aliphatic heterocycles. The quantitative estimate of drug-likeness (QED) is 0.563. The van der Waals surface area contributed by atoms with Crippen LogP contribution >= 0.6 is 23.4 Å². The first-order valence-electron chi connectivity index (χ1n) is 5.62. The van der Waals surface area contributed by atoms with Gasteiger partial charge in [0.05, 0.1) is 0 Å². The zero-order valence-electron chi connectivity index (χ0n) is 10.2. The predicted molar refractivity (Wildman–Crippen MR) is 74.5 cm³/mol. The normalized spacial score (nSPS) is 11.4. The first kappa shape index (κ1) is 13.9. The van der Waals surface area contributed by atoms with E-state index in [9.17, 15) is 0 Å². The summed E-state index contributed by atoms with van der Waals surface area (Å²) in [5.74, 6) is 0.692. The van der Waals surface area contributed by atoms with Gasteiger partial charge in [-0.2, -0.15) is 0 Å². The van der Waals surface area contributed by atoms with E-state index in [4.69, 9.17) is 11.6 Å². The summed E-state index contributed by atoms with van der Waals surface area (Å²) in [6.07, 6.45) is 0. The minimum absolute atomic E-state index is 0.643. The van der Waals surface area contributed by atoms with Crippen molar-refractivity contribution in [2.24, 2.45) is 0 Å². The molecule has 1 rings (SSSR count). The van der Waals surface area contributed by atoms with Gasteiger partial charge < -0.3 is 4.90 Å². The summed E-state index contributed by atoms with van der Waals surface area (Å²) in [4.78, 5) is 3.58. The molecular weight excluding hydrogens is 238 g/mol. The minimum atomic E-state index is 0.643. The maximum absolute atomic E-state index is 5.70. The highest BCUT2D eigenvalue weighted by Crippen LogP contribution is 2.23. The van der Waals surface area contributed by atoms with Crippen LogP contribution in [0.5, 0.6) is 0 Å². The van der Waals surface area contributed by atoms with Crippen molar-refractivity contribution in [2.45, 2.75) is 30.5 Å². The smallest absolute Gasteiger partial charge is 0.0351 e. The van der Waals surface area contributed by atoms with Gasteiger partial charge in [0.25, 0.3) is 0 Å². The summed E-state index contributed by atoms with van der Waals surface area (Å²) in [6, 6.07) is 8.81. The van der Waals surface area contributed by atoms with Crippen LogP contribution in [0.25, 0.3) is 0 Å². The molecule has 0 aromatic heterocycles. The van der Waals surface area contributed by atoms with Crippen LogP contribution in [0.3, 0.4) is 0 Å². The van der Waals surface area contributed by atoms with Gasteiger partial charge in [-0.1, -0.05) is 26.0 Å². The van der Waals surface area contributed by atoms with Crippen LogP contribution in [-0.4, -0.2) is 29.6 Å². The van der Waals surface area contributed by atoms with Crippen LogP contribution in [0.4, 0.5) is 0 Å². The number of hydrogen-bond donors (Lipinski definition) is 0. The molecule has 1 aromatic carbocycles. The van der Waals surface area contributed by atoms with Crippen molar-refractivity contribution in [1.82, 2.24) is 4.90 Å². The molecule has 0 saturated carbocycles. The molecule has 0 atom stereocenters. The molecule has 90 valence electrons. The second-order valence-corrected chi connectivity index (χ2v) is 6.27. The molecule has 0 radical (unpaired) electrons. The van der Waals surface area contributed by atoms with Gasteiger partial charge in [0, 0.05) is 29.1 Å². The molecule has 0 heterocycles. The molecule has 0 saturated heterocycles. The van der Waals surface area contributed by atoms with Gasteiger partial charge in [-0.05, 0) is 24.7 Å². The minimum Gasteiger partial charge on any atom is -0.301 e. The Balaban J connectivity index is 2.50. The molecule has 1 nitrogen and oxygen atoms in total. The largest absolute Gasteiger partial charge is 0.301 e. The summed E-state index contributed by atoms with van der Waals surface area (Å²) in [5, 5.41) is 0.643. The Morgan fingerprint density at radius 2 is 1.88 bits per heavy atom. The lowest BCUT2D eigenvalue weighted by atomic mass is 10.2. The topological polar surface area (TPSA) is 3.24 Å². The predicted octanol–water partition coefficient (Wildman–Crippen LogP) is 3.86. The maximum Gasteiger partial charge on any atom is 0.0351 e. The van der Waals surface area contributed by atoms with Crippen molar-refractivity contribution in [3.05, 3.63) is 29.8 Å². The highest BCUT2D eigenvalue weighted by molar-refractivity contribution is 7.99. The molecule has 16 heavy (non-hydrogen) atoms. The van der Waals surface area contributed by atoms with Gasteiger partial charge in [0.2, 0.25) is 0 Å². The Labute approximate surface area is 108 Å². The number of rotatable bonds is 6. The lowest BCUT2D eigenvalue weighted by Gasteiger charge is -2.15. The lowest BCUT2D eigenvalue weighted by molar-refractivity contribution is 0.348. The van der Waals surface area contributed by atoms with E-state index >= 15 is 0 Å². The number of hydrogen-bond acceptors (Lipinski definition) is 2. The molecule has 0 bridgehead atoms. The third kappa shape index (κ3) is 5.24. The summed E-state index contributed by atoms with van der Waals surface area (Å²) >= 11 is 7.60. The molecule has 0 N–H and O–H groups in total. The Morgan fingerprint density at radius 3 is 2.38 bits per heavy atom. The van der Waals surface area contributed by atoms with Crippen molar-refractivity contribution in [3.8, 4) is 0 Å². The van der Waals surface area contributed by atoms with Crippen molar-refractivity contribution in [3.63, 3.8) is 0 Å². The van der Waals surface area contributed by atoms with Gasteiger partial charge in [-0.15, -0.1) is 23.4 Å². The van der Waals surface area contributed by atoms with Crippen LogP contribution in [0, 0.1) is 0 Å². The molecule has 3 heteroatoms. The average molecular weight is 258 g/mol. The Hall–Kier alpha value is -0.180. The van der Waals surface area contributed by atoms with Crippen LogP contribution in [0.1, 0.15) is 19.4 Å². The van der Waals surface area contributed by atoms with E-state index in [1.54, 1.807) is 0 Å². The first-order valence-corrected chi connectivity index (χ1v) is 7.03. The van der Waals surface area contributed by atoms with Crippen molar-refractivity contribution < 1.29 is 0 Å². The SMILES string of the molecule is CC(C)Sc1ccc(CN(C)CCCl)cc1. The number of thioether (sulfide) groups is 1. The molecule has 0 spiro atoms. The summed E-state index contributed by atoms with van der Waals surface area (Å²) < 4.78 is 0. The number of alkyl halides is 1. The van der Waals surface area contributed by atoms with Gasteiger partial charge in [-0.3, -0.25) is 0 Å². The molecular formula is C13H20ClNS. The summed E-state index contributed by atoms with van der Waals surface area (Å²) in [7, 11) is 2.10. The van der Waals surface area contributed by atoms with E-state index in [-0.39, 0.29) is 0 Å². The van der Waals surface area contributed by atoms with E-state index in [1.165, 1.54) is 10.5 Å². The van der Waals surface area contributed by atoms with E-state index in [1.807, 2.05) is 11.8 Å². The van der Waals surface area contributed by atoms with Gasteiger partial charge >= 0.3 is 0 Å². The molecule has 0 aliphatic rings. The van der Waals surface area contributed by atoms with Crippen molar-refractivity contribution >= 4 is 23.4 Å². The van der Waals surface area contributed by atoms with Crippen LogP contribution in [0.15, 0.2) is 29.2 Å². The Kier molecular flexibility index (Phi) is 6.25. The zero-order valence-corrected chi connectivity index (χ0v) is 11.8. The molecule has 0 fully saturated rings. The highest BCUT2D eigenvalue weighted by Gasteiger charge is 2.01. The molecule has 0 amide bonds. The van der Waals surface area contributed by atoms with Gasteiger partial charge in [-0.25, -0.2) is 0 Å². The van der Waals surface area contributed by atoms with E-state index in [2.05, 4.69) is 50.1 Å². The Morgan fingerprint density at radius 1 is 1.25 bits per heavy atom. The Bertz CT molecular complexity index is 297. The number of nitrogens with zero attached hydrogens (tertiary/aromatic N) is 1. The van der Waals surface area contributed by atoms with Crippen molar-refractivity contribution in [1.29, 1.82) is 0 Å². The number of halogens is 1. The average Bonchev–Trinajstić information content (AvgIpc) is 2.20. The lowest BCUT2D eigenvalue weighted by Crippen LogP contribution is -2.19. The molecule has 0 unspecified atom stereocenters. The van der Waals surface area contributed by atoms with Crippen LogP contribution in [-0.2, 0) is 6.54 Å². The second kappa shape index (κ2) is 7.21. The van der Waals surface area contributed by atoms with E-state index < -0.39 is 0 Å². The van der Waals surface area contributed by atoms with Crippen molar-refractivity contribution in [2.75, 3.05) is 19.5 Å². The van der Waals surface area contributed by atoms with Gasteiger partial charge in [0.15, 0.2) is 0 Å². The monoisotopic (exact) mass is 257 g/mol. The first-order chi connectivity index (χ1) is 7.61. The van der Waals surface area contributed by atoms with Gasteiger partial charge in [0.1, 0.15) is 0 Å². The second-order valence-electron chi connectivity index (χ2n) is 4.24. The third-order valence-electron chi connectivity index (χ3n) is 2.21. The summed E-state index contributed by atoms with van der Waals surface area (Å²) in [6.45, 7) is 6.34. The molecule has 1 aromatic rings. The molecule has 0 aliphatic carbocycles. The number of benzene rings is 1. The van der Waals surface area contributed by atoms with E-state index in [0.717, 1.165) is 13.1 Å². The zero-order chi connectivity index (χ0) is 12.0. The van der Waals surface area contributed by atoms with Crippen LogP contribution in [0.2, 0.25) is 0 Å². The van der Waals surface area contributed by atoms with E-state index in [0.29, 0.717) is 11.1 Å². The third-order valence-corrected chi connectivity index (χ3v) is 3.40. The fourth-order valence-corrected chi connectivity index (χ4v) is 2.61. The standard InChI is InChI=1S/C13H20ClNS/c1-11(2)16-13-6-4-12(5-7-13)10-15(3)9-8-14/h4-7,11H,8-10H2,1-3H3. The highest BCUT2D eigenvalue weighted by atomic mass is 35.5.